The van der Waals surface area contributed by atoms with Crippen LogP contribution in [0.15, 0.2) is 71.9 Å². The Hall–Kier alpha value is -3.65. The second-order valence-electron chi connectivity index (χ2n) is 7.51. The van der Waals surface area contributed by atoms with Gasteiger partial charge >= 0.3 is 0 Å². The third-order valence-corrected chi connectivity index (χ3v) is 6.60. The summed E-state index contributed by atoms with van der Waals surface area (Å²) >= 11 is 1.47. The molecule has 0 radical (unpaired) electrons. The first-order valence-corrected chi connectivity index (χ1v) is 11.3. The molecule has 32 heavy (non-hydrogen) atoms. The van der Waals surface area contributed by atoms with E-state index < -0.39 is 0 Å². The number of benzene rings is 1. The zero-order chi connectivity index (χ0) is 22.1. The molecule has 2 amide bonds. The molecule has 2 aliphatic rings. The van der Waals surface area contributed by atoms with Crippen LogP contribution >= 0.6 is 11.3 Å². The summed E-state index contributed by atoms with van der Waals surface area (Å²) in [5.41, 5.74) is 1.45. The van der Waals surface area contributed by atoms with E-state index in [1.807, 2.05) is 40.6 Å². The van der Waals surface area contributed by atoms with Crippen LogP contribution in [-0.4, -0.2) is 55.0 Å². The van der Waals surface area contributed by atoms with Gasteiger partial charge in [0.05, 0.1) is 18.4 Å². The number of hydrogen-bond acceptors (Lipinski definition) is 7. The molecule has 0 saturated carbocycles. The number of anilines is 2. The lowest BCUT2D eigenvalue weighted by Gasteiger charge is -2.37. The smallest absolute Gasteiger partial charge is 0.282 e. The van der Waals surface area contributed by atoms with Crippen molar-refractivity contribution >= 4 is 40.2 Å². The molecule has 1 aromatic carbocycles. The lowest BCUT2D eigenvalue weighted by molar-refractivity contribution is -0.120. The summed E-state index contributed by atoms with van der Waals surface area (Å²) in [6.45, 7) is 2.70. The van der Waals surface area contributed by atoms with Crippen molar-refractivity contribution < 1.29 is 14.3 Å². The summed E-state index contributed by atoms with van der Waals surface area (Å²) in [6, 6.07) is 16.7. The quantitative estimate of drug-likeness (QED) is 0.561. The second-order valence-corrected chi connectivity index (χ2v) is 8.46. The third-order valence-electron chi connectivity index (χ3n) is 5.71. The second kappa shape index (κ2) is 8.47. The van der Waals surface area contributed by atoms with Gasteiger partial charge < -0.3 is 14.5 Å². The van der Waals surface area contributed by atoms with Crippen LogP contribution in [0.1, 0.15) is 4.88 Å². The van der Waals surface area contributed by atoms with Crippen LogP contribution in [0.4, 0.5) is 11.5 Å². The van der Waals surface area contributed by atoms with E-state index in [1.165, 1.54) is 16.2 Å². The number of hydrogen-bond donors (Lipinski definition) is 0. The van der Waals surface area contributed by atoms with Crippen LogP contribution in [0.2, 0.25) is 0 Å². The number of piperazine rings is 1. The molecule has 8 heteroatoms. The SMILES string of the molecule is COc1cccc(N2C(=O)C(c3cccs3)=C(N3CCN(c4ccccn4)CC3)C2=O)c1. The minimum atomic E-state index is -0.298. The molecule has 0 aliphatic carbocycles. The number of carbonyl (C=O) groups excluding carboxylic acids is 2. The molecule has 3 aromatic rings. The predicted molar refractivity (Wildman–Crippen MR) is 125 cm³/mol. The molecule has 5 rings (SSSR count). The van der Waals surface area contributed by atoms with E-state index >= 15 is 0 Å². The first-order chi connectivity index (χ1) is 15.7. The number of thiophene rings is 1. The van der Waals surface area contributed by atoms with Crippen molar-refractivity contribution in [2.24, 2.45) is 0 Å². The monoisotopic (exact) mass is 446 g/mol. The molecule has 7 nitrogen and oxygen atoms in total. The van der Waals surface area contributed by atoms with Crippen molar-refractivity contribution in [3.63, 3.8) is 0 Å². The molecule has 4 heterocycles. The first-order valence-electron chi connectivity index (χ1n) is 10.4. The maximum atomic E-state index is 13.6. The van der Waals surface area contributed by atoms with Crippen molar-refractivity contribution in [1.82, 2.24) is 9.88 Å². The van der Waals surface area contributed by atoms with Crippen LogP contribution in [0.3, 0.4) is 0 Å². The molecule has 2 aromatic heterocycles. The number of rotatable bonds is 5. The van der Waals surface area contributed by atoms with Crippen LogP contribution < -0.4 is 14.5 Å². The van der Waals surface area contributed by atoms with Gasteiger partial charge in [-0.05, 0) is 35.7 Å². The van der Waals surface area contributed by atoms with Gasteiger partial charge in [-0.2, -0.15) is 0 Å². The number of nitrogens with zero attached hydrogens (tertiary/aromatic N) is 4. The van der Waals surface area contributed by atoms with Crippen LogP contribution in [0, 0.1) is 0 Å². The Kier molecular flexibility index (Phi) is 5.36. The van der Waals surface area contributed by atoms with Crippen LogP contribution in [-0.2, 0) is 9.59 Å². The lowest BCUT2D eigenvalue weighted by atomic mass is 10.1. The fourth-order valence-electron chi connectivity index (χ4n) is 4.14. The molecule has 2 aliphatic heterocycles. The number of amides is 2. The standard InChI is InChI=1S/C24H22N4O3S/c1-31-18-7-4-6-17(16-18)28-23(29)21(19-8-5-15-32-19)22(24(28)30)27-13-11-26(12-14-27)20-9-2-3-10-25-20/h2-10,15-16H,11-14H2,1H3. The Bertz CT molecular complexity index is 1170. The summed E-state index contributed by atoms with van der Waals surface area (Å²) in [6.07, 6.45) is 1.78. The maximum Gasteiger partial charge on any atom is 0.282 e. The van der Waals surface area contributed by atoms with Crippen molar-refractivity contribution in [2.75, 3.05) is 43.1 Å². The molecular formula is C24H22N4O3S. The lowest BCUT2D eigenvalue weighted by Crippen LogP contribution is -2.48. The Morgan fingerprint density at radius 1 is 0.906 bits per heavy atom. The highest BCUT2D eigenvalue weighted by Crippen LogP contribution is 2.37. The van der Waals surface area contributed by atoms with E-state index in [9.17, 15) is 9.59 Å². The van der Waals surface area contributed by atoms with E-state index in [0.717, 1.165) is 23.8 Å². The molecule has 0 N–H and O–H groups in total. The fourth-order valence-corrected chi connectivity index (χ4v) is 4.90. The topological polar surface area (TPSA) is 66.0 Å². The molecular weight excluding hydrogens is 424 g/mol. The van der Waals surface area contributed by atoms with E-state index in [4.69, 9.17) is 4.74 Å². The zero-order valence-corrected chi connectivity index (χ0v) is 18.4. The Morgan fingerprint density at radius 3 is 2.41 bits per heavy atom. The van der Waals surface area contributed by atoms with Crippen molar-refractivity contribution in [2.45, 2.75) is 0 Å². The van der Waals surface area contributed by atoms with Gasteiger partial charge in [0.1, 0.15) is 17.3 Å². The van der Waals surface area contributed by atoms with Gasteiger partial charge in [0, 0.05) is 43.3 Å². The van der Waals surface area contributed by atoms with Gasteiger partial charge in [-0.1, -0.05) is 18.2 Å². The van der Waals surface area contributed by atoms with E-state index in [2.05, 4.69) is 9.88 Å². The highest BCUT2D eigenvalue weighted by molar-refractivity contribution is 7.11. The van der Waals surface area contributed by atoms with Crippen molar-refractivity contribution in [1.29, 1.82) is 0 Å². The van der Waals surface area contributed by atoms with Gasteiger partial charge in [-0.3, -0.25) is 9.59 Å². The van der Waals surface area contributed by atoms with Gasteiger partial charge in [0.2, 0.25) is 0 Å². The normalized spacial score (nSPS) is 16.8. The van der Waals surface area contributed by atoms with Crippen LogP contribution in [0.25, 0.3) is 5.57 Å². The largest absolute Gasteiger partial charge is 0.497 e. The number of aromatic nitrogens is 1. The number of methoxy groups -OCH3 is 1. The van der Waals surface area contributed by atoms with Crippen LogP contribution in [0.5, 0.6) is 5.75 Å². The van der Waals surface area contributed by atoms with Gasteiger partial charge in [0.15, 0.2) is 0 Å². The summed E-state index contributed by atoms with van der Waals surface area (Å²) in [5, 5.41) is 1.92. The molecule has 1 fully saturated rings. The zero-order valence-electron chi connectivity index (χ0n) is 17.6. The number of imide groups is 1. The minimum absolute atomic E-state index is 0.294. The molecule has 0 unspecified atom stereocenters. The average Bonchev–Trinajstić information content (AvgIpc) is 3.45. The van der Waals surface area contributed by atoms with Gasteiger partial charge in [-0.25, -0.2) is 9.88 Å². The van der Waals surface area contributed by atoms with Gasteiger partial charge in [0.25, 0.3) is 11.8 Å². The Labute approximate surface area is 190 Å². The molecule has 0 atom stereocenters. The predicted octanol–water partition coefficient (Wildman–Crippen LogP) is 3.26. The molecule has 1 saturated heterocycles. The summed E-state index contributed by atoms with van der Waals surface area (Å²) in [4.78, 5) is 37.9. The van der Waals surface area contributed by atoms with Crippen molar-refractivity contribution in [3.05, 3.63) is 76.7 Å². The number of ether oxygens (including phenoxy) is 1. The average molecular weight is 447 g/mol. The fraction of sp³-hybridized carbons (Fsp3) is 0.208. The highest BCUT2D eigenvalue weighted by Gasteiger charge is 2.43. The Morgan fingerprint density at radius 2 is 1.72 bits per heavy atom. The van der Waals surface area contributed by atoms with E-state index in [0.29, 0.717) is 35.8 Å². The molecule has 0 bridgehead atoms. The summed E-state index contributed by atoms with van der Waals surface area (Å²) in [7, 11) is 1.56. The summed E-state index contributed by atoms with van der Waals surface area (Å²) < 4.78 is 5.30. The minimum Gasteiger partial charge on any atom is -0.497 e. The summed E-state index contributed by atoms with van der Waals surface area (Å²) in [5.74, 6) is 0.926. The van der Waals surface area contributed by atoms with E-state index in [-0.39, 0.29) is 11.8 Å². The Balaban J connectivity index is 1.47. The number of carbonyl (C=O) groups is 2. The third kappa shape index (κ3) is 3.52. The first kappa shape index (κ1) is 20.3. The maximum absolute atomic E-state index is 13.6. The van der Waals surface area contributed by atoms with Gasteiger partial charge in [-0.15, -0.1) is 11.3 Å². The van der Waals surface area contributed by atoms with Crippen molar-refractivity contribution in [3.8, 4) is 5.75 Å². The number of pyridine rings is 1. The highest BCUT2D eigenvalue weighted by atomic mass is 32.1. The molecule has 162 valence electrons. The van der Waals surface area contributed by atoms with E-state index in [1.54, 1.807) is 37.6 Å². The molecule has 0 spiro atoms.